The van der Waals surface area contributed by atoms with Gasteiger partial charge in [0, 0.05) is 12.3 Å². The number of ketones is 2. The van der Waals surface area contributed by atoms with Crippen LogP contribution in [0.1, 0.15) is 19.8 Å². The van der Waals surface area contributed by atoms with Crippen molar-refractivity contribution >= 4 is 11.6 Å². The average Bonchev–Trinajstić information content (AvgIpc) is 2.16. The van der Waals surface area contributed by atoms with Crippen molar-refractivity contribution in [2.75, 3.05) is 0 Å². The van der Waals surface area contributed by atoms with Crippen LogP contribution < -0.4 is 0 Å². The summed E-state index contributed by atoms with van der Waals surface area (Å²) >= 11 is 0. The predicted octanol–water partition coefficient (Wildman–Crippen LogP) is 1.11. The van der Waals surface area contributed by atoms with Gasteiger partial charge >= 0.3 is 0 Å². The van der Waals surface area contributed by atoms with E-state index < -0.39 is 5.41 Å². The summed E-state index contributed by atoms with van der Waals surface area (Å²) in [5, 5.41) is 0. The van der Waals surface area contributed by atoms with Gasteiger partial charge in [0.15, 0.2) is 11.6 Å². The molecule has 0 aliphatic heterocycles. The van der Waals surface area contributed by atoms with E-state index in [2.05, 4.69) is 0 Å². The number of hydrogen-bond donors (Lipinski definition) is 0. The van der Waals surface area contributed by atoms with Gasteiger partial charge in [0.1, 0.15) is 5.41 Å². The number of rotatable bonds is 0. The van der Waals surface area contributed by atoms with E-state index in [-0.39, 0.29) is 17.5 Å². The van der Waals surface area contributed by atoms with Crippen molar-refractivity contribution in [1.82, 2.24) is 0 Å². The van der Waals surface area contributed by atoms with Crippen molar-refractivity contribution < 1.29 is 9.59 Å². The summed E-state index contributed by atoms with van der Waals surface area (Å²) in [4.78, 5) is 22.8. The Morgan fingerprint density at radius 2 is 2.27 bits per heavy atom. The lowest BCUT2D eigenvalue weighted by Crippen LogP contribution is -2.30. The van der Waals surface area contributed by atoms with E-state index in [1.807, 2.05) is 6.08 Å². The molecular weight excluding hydrogens is 140 g/mol. The molecule has 0 aromatic carbocycles. The Balaban J connectivity index is 2.53. The largest absolute Gasteiger partial charge is 0.298 e. The Morgan fingerprint density at radius 1 is 1.55 bits per heavy atom. The molecule has 0 aromatic heterocycles. The van der Waals surface area contributed by atoms with Crippen LogP contribution in [0.2, 0.25) is 0 Å². The van der Waals surface area contributed by atoms with Crippen molar-refractivity contribution in [3.63, 3.8) is 0 Å². The van der Waals surface area contributed by atoms with Gasteiger partial charge < -0.3 is 0 Å². The molecule has 2 nitrogen and oxygen atoms in total. The summed E-state index contributed by atoms with van der Waals surface area (Å²) in [7, 11) is 0. The summed E-state index contributed by atoms with van der Waals surface area (Å²) in [6.45, 7) is 1.73. The molecule has 2 aliphatic rings. The smallest absolute Gasteiger partial charge is 0.153 e. The van der Waals surface area contributed by atoms with Gasteiger partial charge in [-0.1, -0.05) is 12.2 Å². The molecule has 1 fully saturated rings. The normalized spacial score (nSPS) is 41.7. The van der Waals surface area contributed by atoms with Gasteiger partial charge in [-0.2, -0.15) is 0 Å². The molecule has 2 atom stereocenters. The number of carbonyl (C=O) groups is 2. The minimum atomic E-state index is -0.747. The molecule has 58 valence electrons. The summed E-state index contributed by atoms with van der Waals surface area (Å²) < 4.78 is 0. The third-order valence-electron chi connectivity index (χ3n) is 2.77. The zero-order chi connectivity index (χ0) is 8.06. The highest BCUT2D eigenvalue weighted by molar-refractivity contribution is 6.16. The van der Waals surface area contributed by atoms with Crippen LogP contribution in [0, 0.1) is 11.3 Å². The topological polar surface area (TPSA) is 34.1 Å². The third kappa shape index (κ3) is 0.669. The van der Waals surface area contributed by atoms with Crippen molar-refractivity contribution in [1.29, 1.82) is 0 Å². The average molecular weight is 150 g/mol. The van der Waals surface area contributed by atoms with E-state index in [0.717, 1.165) is 6.42 Å². The highest BCUT2D eigenvalue weighted by Crippen LogP contribution is 2.41. The van der Waals surface area contributed by atoms with Crippen LogP contribution in [0.15, 0.2) is 12.2 Å². The number of carbonyl (C=O) groups excluding carboxylic acids is 2. The highest BCUT2D eigenvalue weighted by atomic mass is 16.2. The molecule has 0 aromatic rings. The fourth-order valence-electron chi connectivity index (χ4n) is 1.92. The standard InChI is InChI=1S/C9H10O2/c1-9-4-2-3-6(8(9)11)5-7(9)10/h2,4,6H,3,5H2,1H3/t6-,9+/m0/s1. The van der Waals surface area contributed by atoms with Crippen LogP contribution in [0.3, 0.4) is 0 Å². The van der Waals surface area contributed by atoms with Crippen molar-refractivity contribution in [3.8, 4) is 0 Å². The fourth-order valence-corrected chi connectivity index (χ4v) is 1.92. The number of Topliss-reactive ketones (excluding diaryl/α,β-unsaturated/α-hetero) is 2. The SMILES string of the molecule is C[C@@]12C=CC[C@@H](CC1=O)C2=O. The van der Waals surface area contributed by atoms with E-state index in [1.165, 1.54) is 0 Å². The summed E-state index contributed by atoms with van der Waals surface area (Å²) in [5.74, 6) is 0.226. The molecule has 0 radical (unpaired) electrons. The van der Waals surface area contributed by atoms with E-state index >= 15 is 0 Å². The Kier molecular flexibility index (Phi) is 1.12. The quantitative estimate of drug-likeness (QED) is 0.383. The molecule has 0 amide bonds. The first kappa shape index (κ1) is 6.77. The molecular formula is C9H10O2. The summed E-state index contributed by atoms with van der Waals surface area (Å²) in [6, 6.07) is 0. The van der Waals surface area contributed by atoms with Gasteiger partial charge in [-0.3, -0.25) is 9.59 Å². The third-order valence-corrected chi connectivity index (χ3v) is 2.77. The monoisotopic (exact) mass is 150 g/mol. The second-order valence-corrected chi connectivity index (χ2v) is 3.53. The molecule has 0 heterocycles. The lowest BCUT2D eigenvalue weighted by Gasteiger charge is -2.19. The van der Waals surface area contributed by atoms with Crippen molar-refractivity contribution in [2.24, 2.45) is 11.3 Å². The Bertz CT molecular complexity index is 265. The second-order valence-electron chi connectivity index (χ2n) is 3.53. The lowest BCUT2D eigenvalue weighted by atomic mass is 9.81. The molecule has 0 unspecified atom stereocenters. The molecule has 0 saturated heterocycles. The van der Waals surface area contributed by atoms with Gasteiger partial charge in [0.05, 0.1) is 0 Å². The Labute approximate surface area is 65.3 Å². The molecule has 0 N–H and O–H groups in total. The van der Waals surface area contributed by atoms with E-state index in [9.17, 15) is 9.59 Å². The van der Waals surface area contributed by atoms with Crippen LogP contribution in [-0.4, -0.2) is 11.6 Å². The minimum absolute atomic E-state index is 0.00231. The molecule has 2 heteroatoms. The van der Waals surface area contributed by atoms with Crippen molar-refractivity contribution in [3.05, 3.63) is 12.2 Å². The number of allylic oxidation sites excluding steroid dienone is 2. The molecule has 2 rings (SSSR count). The minimum Gasteiger partial charge on any atom is -0.298 e. The van der Waals surface area contributed by atoms with Gasteiger partial charge in [-0.15, -0.1) is 0 Å². The number of fused-ring (bicyclic) bond motifs is 2. The zero-order valence-electron chi connectivity index (χ0n) is 6.46. The summed E-state index contributed by atoms with van der Waals surface area (Å²) in [6.07, 6.45) is 4.95. The fraction of sp³-hybridized carbons (Fsp3) is 0.556. The first-order valence-electron chi connectivity index (χ1n) is 3.90. The van der Waals surface area contributed by atoms with Gasteiger partial charge in [0.2, 0.25) is 0 Å². The van der Waals surface area contributed by atoms with E-state index in [1.54, 1.807) is 13.0 Å². The second kappa shape index (κ2) is 1.81. The van der Waals surface area contributed by atoms with Crippen LogP contribution >= 0.6 is 0 Å². The Morgan fingerprint density at radius 3 is 2.82 bits per heavy atom. The van der Waals surface area contributed by atoms with Crippen LogP contribution in [0.5, 0.6) is 0 Å². The highest BCUT2D eigenvalue weighted by Gasteiger charge is 2.50. The maximum Gasteiger partial charge on any atom is 0.153 e. The van der Waals surface area contributed by atoms with Gasteiger partial charge in [-0.05, 0) is 13.3 Å². The number of hydrogen-bond acceptors (Lipinski definition) is 2. The molecule has 2 bridgehead atoms. The first-order chi connectivity index (χ1) is 5.14. The van der Waals surface area contributed by atoms with Gasteiger partial charge in [-0.25, -0.2) is 0 Å². The molecule has 2 aliphatic carbocycles. The van der Waals surface area contributed by atoms with Crippen LogP contribution in [0.4, 0.5) is 0 Å². The van der Waals surface area contributed by atoms with Crippen LogP contribution in [-0.2, 0) is 9.59 Å². The van der Waals surface area contributed by atoms with Crippen LogP contribution in [0.25, 0.3) is 0 Å². The van der Waals surface area contributed by atoms with E-state index in [4.69, 9.17) is 0 Å². The first-order valence-corrected chi connectivity index (χ1v) is 3.90. The molecule has 0 spiro atoms. The molecule has 1 saturated carbocycles. The molecule has 11 heavy (non-hydrogen) atoms. The van der Waals surface area contributed by atoms with Crippen molar-refractivity contribution in [2.45, 2.75) is 19.8 Å². The van der Waals surface area contributed by atoms with Gasteiger partial charge in [0.25, 0.3) is 0 Å². The Hall–Kier alpha value is -0.920. The van der Waals surface area contributed by atoms with E-state index in [0.29, 0.717) is 6.42 Å². The zero-order valence-corrected chi connectivity index (χ0v) is 6.46. The maximum absolute atomic E-state index is 11.4. The lowest BCUT2D eigenvalue weighted by molar-refractivity contribution is -0.132. The summed E-state index contributed by atoms with van der Waals surface area (Å²) in [5.41, 5.74) is -0.747. The predicted molar refractivity (Wildman–Crippen MR) is 40.0 cm³/mol. The maximum atomic E-state index is 11.4.